The molecule has 0 aliphatic heterocycles. The molecule has 1 aliphatic carbocycles. The molecular formula is C15H21NO. The van der Waals surface area contributed by atoms with Gasteiger partial charge in [-0.2, -0.15) is 0 Å². The molecule has 1 N–H and O–H groups in total. The van der Waals surface area contributed by atoms with Crippen LogP contribution in [0.3, 0.4) is 0 Å². The Morgan fingerprint density at radius 2 is 2.00 bits per heavy atom. The predicted octanol–water partition coefficient (Wildman–Crippen LogP) is 2.75. The third kappa shape index (κ3) is 2.75. The van der Waals surface area contributed by atoms with Crippen molar-refractivity contribution in [1.29, 1.82) is 0 Å². The van der Waals surface area contributed by atoms with E-state index in [0.29, 0.717) is 0 Å². The number of fused-ring (bicyclic) bond motifs is 1. The van der Waals surface area contributed by atoms with E-state index in [2.05, 4.69) is 17.4 Å². The quantitative estimate of drug-likeness (QED) is 0.807. The Morgan fingerprint density at radius 3 is 2.71 bits per heavy atom. The summed E-state index contributed by atoms with van der Waals surface area (Å²) in [5, 5.41) is 3.17. The van der Waals surface area contributed by atoms with E-state index in [1.165, 1.54) is 30.4 Å². The molecule has 17 heavy (non-hydrogen) atoms. The maximum Gasteiger partial charge on any atom is 0.179 e. The van der Waals surface area contributed by atoms with Crippen LogP contribution in [0.1, 0.15) is 48.2 Å². The maximum absolute atomic E-state index is 12.2. The zero-order valence-electron chi connectivity index (χ0n) is 10.8. The average Bonchev–Trinajstić information content (AvgIpc) is 2.37. The number of carbonyl (C=O) groups is 1. The van der Waals surface area contributed by atoms with Crippen molar-refractivity contribution in [1.82, 2.24) is 5.32 Å². The molecule has 0 saturated carbocycles. The highest BCUT2D eigenvalue weighted by Crippen LogP contribution is 2.22. The van der Waals surface area contributed by atoms with Gasteiger partial charge in [0.1, 0.15) is 0 Å². The molecule has 0 bridgehead atoms. The molecule has 92 valence electrons. The Balaban J connectivity index is 2.19. The highest BCUT2D eigenvalue weighted by molar-refractivity contribution is 6.00. The highest BCUT2D eigenvalue weighted by Gasteiger charge is 2.16. The van der Waals surface area contributed by atoms with E-state index < -0.39 is 0 Å². The molecule has 2 nitrogen and oxygen atoms in total. The lowest BCUT2D eigenvalue weighted by atomic mass is 9.89. The molecule has 1 aromatic rings. The molecule has 0 saturated heterocycles. The van der Waals surface area contributed by atoms with Gasteiger partial charge >= 0.3 is 0 Å². The average molecular weight is 231 g/mol. The first-order chi connectivity index (χ1) is 8.22. The third-order valence-corrected chi connectivity index (χ3v) is 3.54. The van der Waals surface area contributed by atoms with Crippen LogP contribution in [-0.2, 0) is 12.8 Å². The van der Waals surface area contributed by atoms with E-state index in [1.54, 1.807) is 0 Å². The largest absolute Gasteiger partial charge is 0.308 e. The number of hydrogen-bond donors (Lipinski definition) is 1. The van der Waals surface area contributed by atoms with Gasteiger partial charge < -0.3 is 5.32 Å². The minimum Gasteiger partial charge on any atom is -0.308 e. The molecule has 1 aliphatic rings. The van der Waals surface area contributed by atoms with E-state index in [1.807, 2.05) is 19.9 Å². The first-order valence-electron chi connectivity index (χ1n) is 6.61. The Hall–Kier alpha value is -1.15. The normalized spacial score (nSPS) is 16.4. The van der Waals surface area contributed by atoms with Crippen LogP contribution in [0.4, 0.5) is 0 Å². The molecule has 0 fully saturated rings. The summed E-state index contributed by atoms with van der Waals surface area (Å²) in [5.74, 6) is 0.209. The van der Waals surface area contributed by atoms with Crippen LogP contribution in [0.15, 0.2) is 18.2 Å². The second kappa shape index (κ2) is 5.46. The van der Waals surface area contributed by atoms with E-state index in [4.69, 9.17) is 0 Å². The van der Waals surface area contributed by atoms with Crippen molar-refractivity contribution in [2.75, 3.05) is 6.54 Å². The Morgan fingerprint density at radius 1 is 1.29 bits per heavy atom. The number of Topliss-reactive ketones (excluding diaryl/α,β-unsaturated/α-hetero) is 1. The van der Waals surface area contributed by atoms with E-state index in [-0.39, 0.29) is 11.8 Å². The summed E-state index contributed by atoms with van der Waals surface area (Å²) in [6, 6.07) is 6.15. The molecule has 0 spiro atoms. The summed E-state index contributed by atoms with van der Waals surface area (Å²) in [6.45, 7) is 4.79. The van der Waals surface area contributed by atoms with Crippen LogP contribution in [-0.4, -0.2) is 18.4 Å². The summed E-state index contributed by atoms with van der Waals surface area (Å²) < 4.78 is 0. The maximum atomic E-state index is 12.2. The predicted molar refractivity (Wildman–Crippen MR) is 70.6 cm³/mol. The lowest BCUT2D eigenvalue weighted by Gasteiger charge is -2.17. The fourth-order valence-electron chi connectivity index (χ4n) is 2.54. The highest BCUT2D eigenvalue weighted by atomic mass is 16.1. The Bertz CT molecular complexity index is 411. The number of hydrogen-bond acceptors (Lipinski definition) is 2. The molecule has 0 aromatic heterocycles. The zero-order chi connectivity index (χ0) is 12.3. The first kappa shape index (κ1) is 12.3. The first-order valence-corrected chi connectivity index (χ1v) is 6.61. The fraction of sp³-hybridized carbons (Fsp3) is 0.533. The van der Waals surface area contributed by atoms with Crippen LogP contribution >= 0.6 is 0 Å². The number of aryl methyl sites for hydroxylation is 2. The van der Waals surface area contributed by atoms with Gasteiger partial charge in [0, 0.05) is 5.56 Å². The van der Waals surface area contributed by atoms with Crippen molar-refractivity contribution in [2.24, 2.45) is 0 Å². The Labute approximate surface area is 103 Å². The molecular weight excluding hydrogens is 210 g/mol. The molecule has 2 rings (SSSR count). The number of ketones is 1. The second-order valence-corrected chi connectivity index (χ2v) is 4.83. The van der Waals surface area contributed by atoms with Crippen molar-refractivity contribution in [2.45, 2.75) is 45.6 Å². The molecule has 0 radical (unpaired) electrons. The van der Waals surface area contributed by atoms with Gasteiger partial charge in [0.25, 0.3) is 0 Å². The van der Waals surface area contributed by atoms with Crippen molar-refractivity contribution < 1.29 is 4.79 Å². The van der Waals surface area contributed by atoms with E-state index >= 15 is 0 Å². The van der Waals surface area contributed by atoms with Crippen LogP contribution in [0.5, 0.6) is 0 Å². The lowest BCUT2D eigenvalue weighted by Crippen LogP contribution is -2.33. The summed E-state index contributed by atoms with van der Waals surface area (Å²) >= 11 is 0. The third-order valence-electron chi connectivity index (χ3n) is 3.54. The van der Waals surface area contributed by atoms with Gasteiger partial charge in [0.15, 0.2) is 5.78 Å². The van der Waals surface area contributed by atoms with Gasteiger partial charge in [-0.15, -0.1) is 0 Å². The number of rotatable bonds is 4. The van der Waals surface area contributed by atoms with Crippen molar-refractivity contribution in [3.05, 3.63) is 34.9 Å². The SMILES string of the molecule is CCNC(C)C(=O)c1ccc2c(c1)CCCC2. The van der Waals surface area contributed by atoms with Crippen LogP contribution in [0, 0.1) is 0 Å². The van der Waals surface area contributed by atoms with Crippen molar-refractivity contribution >= 4 is 5.78 Å². The molecule has 2 heteroatoms. The topological polar surface area (TPSA) is 29.1 Å². The van der Waals surface area contributed by atoms with Crippen molar-refractivity contribution in [3.63, 3.8) is 0 Å². The van der Waals surface area contributed by atoms with Crippen LogP contribution in [0.2, 0.25) is 0 Å². The molecule has 0 heterocycles. The molecule has 1 atom stereocenters. The molecule has 1 aromatic carbocycles. The fourth-order valence-corrected chi connectivity index (χ4v) is 2.54. The minimum absolute atomic E-state index is 0.0818. The number of carbonyl (C=O) groups excluding carboxylic acids is 1. The van der Waals surface area contributed by atoms with Gasteiger partial charge in [0.2, 0.25) is 0 Å². The smallest absolute Gasteiger partial charge is 0.179 e. The standard InChI is InChI=1S/C15H21NO/c1-3-16-11(2)15(17)14-9-8-12-6-4-5-7-13(12)10-14/h8-11,16H,3-7H2,1-2H3. The molecule has 1 unspecified atom stereocenters. The van der Waals surface area contributed by atoms with Gasteiger partial charge in [0.05, 0.1) is 6.04 Å². The van der Waals surface area contributed by atoms with Gasteiger partial charge in [-0.05, 0) is 56.3 Å². The number of likely N-dealkylation sites (N-methyl/N-ethyl adjacent to an activating group) is 1. The molecule has 0 amide bonds. The van der Waals surface area contributed by atoms with Crippen LogP contribution in [0.25, 0.3) is 0 Å². The van der Waals surface area contributed by atoms with Crippen LogP contribution < -0.4 is 5.32 Å². The van der Waals surface area contributed by atoms with E-state index in [0.717, 1.165) is 18.5 Å². The summed E-state index contributed by atoms with van der Waals surface area (Å²) in [7, 11) is 0. The van der Waals surface area contributed by atoms with E-state index in [9.17, 15) is 4.79 Å². The second-order valence-electron chi connectivity index (χ2n) is 4.83. The Kier molecular flexibility index (Phi) is 3.95. The summed E-state index contributed by atoms with van der Waals surface area (Å²) in [4.78, 5) is 12.2. The van der Waals surface area contributed by atoms with Gasteiger partial charge in [-0.25, -0.2) is 0 Å². The summed E-state index contributed by atoms with van der Waals surface area (Å²) in [5.41, 5.74) is 3.67. The van der Waals surface area contributed by atoms with Gasteiger partial charge in [-0.1, -0.05) is 19.1 Å². The zero-order valence-corrected chi connectivity index (χ0v) is 10.8. The summed E-state index contributed by atoms with van der Waals surface area (Å²) in [6.07, 6.45) is 4.85. The monoisotopic (exact) mass is 231 g/mol. The lowest BCUT2D eigenvalue weighted by molar-refractivity contribution is 0.0952. The number of benzene rings is 1. The minimum atomic E-state index is -0.0818. The van der Waals surface area contributed by atoms with Gasteiger partial charge in [-0.3, -0.25) is 4.79 Å². The number of nitrogens with one attached hydrogen (secondary N) is 1. The van der Waals surface area contributed by atoms with Crippen molar-refractivity contribution in [3.8, 4) is 0 Å².